The first-order valence-electron chi connectivity index (χ1n) is 4.97. The molecular weight excluding hydrogens is 320 g/mol. The van der Waals surface area contributed by atoms with Gasteiger partial charge in [-0.15, -0.1) is 11.3 Å². The minimum absolute atomic E-state index is 0.0824. The summed E-state index contributed by atoms with van der Waals surface area (Å²) in [5.41, 5.74) is 0.860. The van der Waals surface area contributed by atoms with Gasteiger partial charge in [-0.3, -0.25) is 4.79 Å². The minimum atomic E-state index is -1.07. The molecule has 7 heteroatoms. The zero-order valence-corrected chi connectivity index (χ0v) is 11.7. The van der Waals surface area contributed by atoms with Crippen LogP contribution in [0.15, 0.2) is 22.1 Å². The highest BCUT2D eigenvalue weighted by molar-refractivity contribution is 9.11. The number of hydrogen-bond donors (Lipinski definition) is 3. The normalized spacial score (nSPS) is 10.3. The van der Waals surface area contributed by atoms with Gasteiger partial charge in [-0.05, 0) is 35.0 Å². The number of thiophene rings is 1. The highest BCUT2D eigenvalue weighted by atomic mass is 79.9. The van der Waals surface area contributed by atoms with Crippen LogP contribution in [0.3, 0.4) is 0 Å². The minimum Gasteiger partial charge on any atom is -0.478 e. The highest BCUT2D eigenvalue weighted by Crippen LogP contribution is 2.24. The molecule has 0 aliphatic heterocycles. The SMILES string of the molecule is Cc1[nH]cc(NC(=O)c2ccc(Br)s2)c1C(=O)O. The molecular formula is C11H9BrN2O3S. The van der Waals surface area contributed by atoms with E-state index in [9.17, 15) is 9.59 Å². The standard InChI is InChI=1S/C11H9BrN2O3S/c1-5-9(11(16)17)6(4-13-5)14-10(15)7-2-3-8(12)18-7/h2-4,13H,1H3,(H,14,15)(H,16,17). The summed E-state index contributed by atoms with van der Waals surface area (Å²) in [5.74, 6) is -1.40. The number of aryl methyl sites for hydroxylation is 1. The zero-order valence-electron chi connectivity index (χ0n) is 9.28. The predicted octanol–water partition coefficient (Wildman–Crippen LogP) is 3.10. The summed E-state index contributed by atoms with van der Waals surface area (Å²) >= 11 is 4.55. The lowest BCUT2D eigenvalue weighted by atomic mass is 10.2. The van der Waals surface area contributed by atoms with E-state index < -0.39 is 5.97 Å². The number of halogens is 1. The van der Waals surface area contributed by atoms with Crippen LogP contribution in [0.25, 0.3) is 0 Å². The van der Waals surface area contributed by atoms with Gasteiger partial charge in [-0.1, -0.05) is 0 Å². The number of rotatable bonds is 3. The van der Waals surface area contributed by atoms with Crippen LogP contribution in [0.5, 0.6) is 0 Å². The number of amides is 1. The molecule has 2 aromatic rings. The Kier molecular flexibility index (Phi) is 3.53. The molecule has 18 heavy (non-hydrogen) atoms. The van der Waals surface area contributed by atoms with Crippen molar-refractivity contribution in [3.63, 3.8) is 0 Å². The molecule has 2 rings (SSSR count). The van der Waals surface area contributed by atoms with Gasteiger partial charge in [0.15, 0.2) is 0 Å². The molecule has 2 aromatic heterocycles. The fraction of sp³-hybridized carbons (Fsp3) is 0.0909. The maximum Gasteiger partial charge on any atom is 0.339 e. The van der Waals surface area contributed by atoms with E-state index in [0.29, 0.717) is 10.6 Å². The monoisotopic (exact) mass is 328 g/mol. The maximum absolute atomic E-state index is 11.9. The first kappa shape index (κ1) is 12.8. The van der Waals surface area contributed by atoms with Crippen LogP contribution in [-0.2, 0) is 0 Å². The summed E-state index contributed by atoms with van der Waals surface area (Å²) in [4.78, 5) is 26.2. The van der Waals surface area contributed by atoms with Crippen LogP contribution in [-0.4, -0.2) is 22.0 Å². The largest absolute Gasteiger partial charge is 0.478 e. The van der Waals surface area contributed by atoms with Gasteiger partial charge in [0, 0.05) is 11.9 Å². The van der Waals surface area contributed by atoms with Crippen molar-refractivity contribution in [2.24, 2.45) is 0 Å². The molecule has 0 spiro atoms. The van der Waals surface area contributed by atoms with Crippen molar-refractivity contribution < 1.29 is 14.7 Å². The van der Waals surface area contributed by atoms with Gasteiger partial charge in [0.25, 0.3) is 5.91 Å². The number of carbonyl (C=O) groups is 2. The summed E-state index contributed by atoms with van der Waals surface area (Å²) in [6.07, 6.45) is 1.47. The number of carbonyl (C=O) groups excluding carboxylic acids is 1. The first-order chi connectivity index (χ1) is 8.49. The fourth-order valence-corrected chi connectivity index (χ4v) is 2.80. The van der Waals surface area contributed by atoms with Crippen molar-refractivity contribution in [2.75, 3.05) is 5.32 Å². The molecule has 94 valence electrons. The lowest BCUT2D eigenvalue weighted by Crippen LogP contribution is -2.12. The molecule has 0 aromatic carbocycles. The number of aromatic nitrogens is 1. The Morgan fingerprint density at radius 1 is 1.44 bits per heavy atom. The molecule has 0 saturated carbocycles. The van der Waals surface area contributed by atoms with Gasteiger partial charge in [-0.2, -0.15) is 0 Å². The fourth-order valence-electron chi connectivity index (χ4n) is 1.52. The zero-order chi connectivity index (χ0) is 13.3. The molecule has 0 fully saturated rings. The summed E-state index contributed by atoms with van der Waals surface area (Å²) in [6, 6.07) is 3.43. The maximum atomic E-state index is 11.9. The van der Waals surface area contributed by atoms with Crippen molar-refractivity contribution in [1.29, 1.82) is 0 Å². The Bertz CT molecular complexity index is 618. The Balaban J connectivity index is 2.25. The number of H-pyrrole nitrogens is 1. The number of aromatic amines is 1. The Labute approximate surface area is 115 Å². The van der Waals surface area contributed by atoms with Gasteiger partial charge < -0.3 is 15.4 Å². The number of carboxylic acid groups (broad SMARTS) is 1. The average molecular weight is 329 g/mol. The van der Waals surface area contributed by atoms with Crippen LogP contribution in [0, 0.1) is 6.92 Å². The van der Waals surface area contributed by atoms with Crippen LogP contribution in [0.2, 0.25) is 0 Å². The molecule has 0 aliphatic carbocycles. The van der Waals surface area contributed by atoms with E-state index >= 15 is 0 Å². The number of carboxylic acids is 1. The smallest absolute Gasteiger partial charge is 0.339 e. The van der Waals surface area contributed by atoms with Crippen LogP contribution in [0.1, 0.15) is 25.7 Å². The number of anilines is 1. The van der Waals surface area contributed by atoms with Crippen molar-refractivity contribution >= 4 is 44.8 Å². The van der Waals surface area contributed by atoms with Crippen LogP contribution >= 0.6 is 27.3 Å². The molecule has 1 amide bonds. The molecule has 0 radical (unpaired) electrons. The van der Waals surface area contributed by atoms with E-state index in [0.717, 1.165) is 3.79 Å². The third kappa shape index (κ3) is 2.46. The van der Waals surface area contributed by atoms with E-state index in [-0.39, 0.29) is 17.2 Å². The molecule has 0 unspecified atom stereocenters. The Hall–Kier alpha value is -1.60. The average Bonchev–Trinajstić information content (AvgIpc) is 2.85. The molecule has 0 bridgehead atoms. The second kappa shape index (κ2) is 4.95. The van der Waals surface area contributed by atoms with Crippen LogP contribution < -0.4 is 5.32 Å². The Morgan fingerprint density at radius 2 is 2.17 bits per heavy atom. The van der Waals surface area contributed by atoms with Crippen molar-refractivity contribution in [3.8, 4) is 0 Å². The van der Waals surface area contributed by atoms with Crippen molar-refractivity contribution in [1.82, 2.24) is 4.98 Å². The van der Waals surface area contributed by atoms with Gasteiger partial charge in [-0.25, -0.2) is 4.79 Å². The molecule has 0 saturated heterocycles. The van der Waals surface area contributed by atoms with E-state index in [4.69, 9.17) is 5.11 Å². The number of hydrogen-bond acceptors (Lipinski definition) is 3. The topological polar surface area (TPSA) is 82.2 Å². The third-order valence-electron chi connectivity index (χ3n) is 2.34. The van der Waals surface area contributed by atoms with E-state index in [2.05, 4.69) is 26.2 Å². The quantitative estimate of drug-likeness (QED) is 0.809. The van der Waals surface area contributed by atoms with Gasteiger partial charge in [0.2, 0.25) is 0 Å². The number of nitrogens with one attached hydrogen (secondary N) is 2. The predicted molar refractivity (Wildman–Crippen MR) is 72.5 cm³/mol. The summed E-state index contributed by atoms with van der Waals surface area (Å²) < 4.78 is 0.844. The summed E-state index contributed by atoms with van der Waals surface area (Å²) in [7, 11) is 0. The Morgan fingerprint density at radius 3 is 2.72 bits per heavy atom. The number of aromatic carboxylic acids is 1. The van der Waals surface area contributed by atoms with E-state index in [1.54, 1.807) is 19.1 Å². The van der Waals surface area contributed by atoms with E-state index in [1.807, 2.05) is 0 Å². The summed E-state index contributed by atoms with van der Waals surface area (Å²) in [6.45, 7) is 1.64. The molecule has 3 N–H and O–H groups in total. The van der Waals surface area contributed by atoms with Gasteiger partial charge >= 0.3 is 5.97 Å². The summed E-state index contributed by atoms with van der Waals surface area (Å²) in [5, 5.41) is 11.6. The third-order valence-corrected chi connectivity index (χ3v) is 3.96. The van der Waals surface area contributed by atoms with Crippen molar-refractivity contribution in [2.45, 2.75) is 6.92 Å². The lowest BCUT2D eigenvalue weighted by Gasteiger charge is -2.02. The highest BCUT2D eigenvalue weighted by Gasteiger charge is 2.18. The first-order valence-corrected chi connectivity index (χ1v) is 6.58. The van der Waals surface area contributed by atoms with Gasteiger partial charge in [0.05, 0.1) is 14.4 Å². The second-order valence-corrected chi connectivity index (χ2v) is 6.03. The molecule has 5 nitrogen and oxygen atoms in total. The lowest BCUT2D eigenvalue weighted by molar-refractivity contribution is 0.0697. The van der Waals surface area contributed by atoms with E-state index in [1.165, 1.54) is 17.5 Å². The van der Waals surface area contributed by atoms with Crippen LogP contribution in [0.4, 0.5) is 5.69 Å². The molecule has 2 heterocycles. The molecule has 0 aliphatic rings. The van der Waals surface area contributed by atoms with Crippen molar-refractivity contribution in [3.05, 3.63) is 38.3 Å². The molecule has 0 atom stereocenters. The second-order valence-electron chi connectivity index (χ2n) is 3.57. The van der Waals surface area contributed by atoms with Gasteiger partial charge in [0.1, 0.15) is 5.56 Å².